The summed E-state index contributed by atoms with van der Waals surface area (Å²) in [7, 11) is 0. The van der Waals surface area contributed by atoms with E-state index in [1.165, 1.54) is 8.66 Å². The summed E-state index contributed by atoms with van der Waals surface area (Å²) >= 11 is 5.22. The van der Waals surface area contributed by atoms with Gasteiger partial charge in [-0.05, 0) is 47.1 Å². The first-order valence-corrected chi connectivity index (χ1v) is 6.37. The van der Waals surface area contributed by atoms with Crippen molar-refractivity contribution in [3.05, 3.63) is 45.0 Å². The highest BCUT2D eigenvalue weighted by molar-refractivity contribution is 9.11. The van der Waals surface area contributed by atoms with Crippen LogP contribution in [0.5, 0.6) is 0 Å². The van der Waals surface area contributed by atoms with E-state index in [9.17, 15) is 0 Å². The second-order valence-electron chi connectivity index (χ2n) is 3.32. The van der Waals surface area contributed by atoms with Gasteiger partial charge in [0, 0.05) is 10.9 Å². The fraction of sp³-hybridized carbons (Fsp3) is 0.273. The molecule has 1 N–H and O–H groups in total. The minimum atomic E-state index is 0.353. The second kappa shape index (κ2) is 4.96. The Balaban J connectivity index is 1.90. The topological polar surface area (TPSA) is 25.2 Å². The molecule has 2 aromatic heterocycles. The molecule has 1 unspecified atom stereocenters. The molecule has 4 heteroatoms. The van der Waals surface area contributed by atoms with Crippen LogP contribution in [0.1, 0.15) is 23.6 Å². The van der Waals surface area contributed by atoms with Gasteiger partial charge in [0.25, 0.3) is 0 Å². The lowest BCUT2D eigenvalue weighted by Crippen LogP contribution is -2.16. The van der Waals surface area contributed by atoms with E-state index >= 15 is 0 Å². The zero-order chi connectivity index (χ0) is 10.7. The monoisotopic (exact) mass is 285 g/mol. The fourth-order valence-electron chi connectivity index (χ4n) is 1.33. The Morgan fingerprint density at radius 1 is 1.47 bits per heavy atom. The third-order valence-electron chi connectivity index (χ3n) is 2.18. The van der Waals surface area contributed by atoms with Crippen molar-refractivity contribution in [2.45, 2.75) is 19.5 Å². The van der Waals surface area contributed by atoms with Crippen molar-refractivity contribution in [2.24, 2.45) is 0 Å². The normalized spacial score (nSPS) is 12.9. The quantitative estimate of drug-likeness (QED) is 0.920. The minimum Gasteiger partial charge on any atom is -0.468 e. The summed E-state index contributed by atoms with van der Waals surface area (Å²) in [6.07, 6.45) is 1.70. The van der Waals surface area contributed by atoms with Gasteiger partial charge in [-0.15, -0.1) is 11.3 Å². The van der Waals surface area contributed by atoms with Crippen LogP contribution in [-0.4, -0.2) is 0 Å². The van der Waals surface area contributed by atoms with Crippen LogP contribution in [0.3, 0.4) is 0 Å². The SMILES string of the molecule is CC(NCc1ccco1)c1ccc(Br)s1. The van der Waals surface area contributed by atoms with Gasteiger partial charge in [-0.2, -0.15) is 0 Å². The van der Waals surface area contributed by atoms with Crippen molar-refractivity contribution in [3.8, 4) is 0 Å². The van der Waals surface area contributed by atoms with E-state index in [0.29, 0.717) is 6.04 Å². The third-order valence-corrected chi connectivity index (χ3v) is 3.99. The molecule has 0 fully saturated rings. The molecule has 1 atom stereocenters. The summed E-state index contributed by atoms with van der Waals surface area (Å²) in [6, 6.07) is 8.44. The largest absolute Gasteiger partial charge is 0.468 e. The Hall–Kier alpha value is -0.580. The zero-order valence-electron chi connectivity index (χ0n) is 8.37. The number of nitrogens with one attached hydrogen (secondary N) is 1. The first-order valence-electron chi connectivity index (χ1n) is 4.76. The van der Waals surface area contributed by atoms with Crippen molar-refractivity contribution in [2.75, 3.05) is 0 Å². The number of halogens is 1. The highest BCUT2D eigenvalue weighted by Gasteiger charge is 2.07. The molecule has 0 saturated heterocycles. The highest BCUT2D eigenvalue weighted by Crippen LogP contribution is 2.27. The molecule has 2 aromatic rings. The van der Waals surface area contributed by atoms with Crippen LogP contribution in [0.15, 0.2) is 38.7 Å². The van der Waals surface area contributed by atoms with Crippen molar-refractivity contribution < 1.29 is 4.42 Å². The Labute approximate surface area is 101 Å². The fourth-order valence-corrected chi connectivity index (χ4v) is 2.78. The zero-order valence-corrected chi connectivity index (χ0v) is 10.8. The van der Waals surface area contributed by atoms with E-state index in [0.717, 1.165) is 12.3 Å². The lowest BCUT2D eigenvalue weighted by atomic mass is 10.2. The molecule has 0 aromatic carbocycles. The van der Waals surface area contributed by atoms with E-state index in [4.69, 9.17) is 4.42 Å². The number of rotatable bonds is 4. The van der Waals surface area contributed by atoms with Crippen LogP contribution in [0, 0.1) is 0 Å². The summed E-state index contributed by atoms with van der Waals surface area (Å²) in [5, 5.41) is 3.41. The van der Waals surface area contributed by atoms with Crippen LogP contribution in [0.25, 0.3) is 0 Å². The molecule has 0 amide bonds. The van der Waals surface area contributed by atoms with Gasteiger partial charge in [-0.25, -0.2) is 0 Å². The van der Waals surface area contributed by atoms with Gasteiger partial charge in [-0.1, -0.05) is 0 Å². The number of thiophene rings is 1. The molecule has 0 saturated carbocycles. The van der Waals surface area contributed by atoms with E-state index in [2.05, 4.69) is 40.3 Å². The van der Waals surface area contributed by atoms with Gasteiger partial charge in [0.2, 0.25) is 0 Å². The van der Waals surface area contributed by atoms with Gasteiger partial charge in [0.05, 0.1) is 16.6 Å². The van der Waals surface area contributed by atoms with Gasteiger partial charge < -0.3 is 9.73 Å². The lowest BCUT2D eigenvalue weighted by Gasteiger charge is -2.10. The van der Waals surface area contributed by atoms with Gasteiger partial charge >= 0.3 is 0 Å². The minimum absolute atomic E-state index is 0.353. The van der Waals surface area contributed by atoms with E-state index in [-0.39, 0.29) is 0 Å². The van der Waals surface area contributed by atoms with Crippen molar-refractivity contribution in [3.63, 3.8) is 0 Å². The Kier molecular flexibility index (Phi) is 3.61. The first-order chi connectivity index (χ1) is 7.25. The molecule has 2 heterocycles. The summed E-state index contributed by atoms with van der Waals surface area (Å²) in [6.45, 7) is 2.92. The average molecular weight is 286 g/mol. The summed E-state index contributed by atoms with van der Waals surface area (Å²) in [4.78, 5) is 1.33. The molecule has 0 radical (unpaired) electrons. The maximum Gasteiger partial charge on any atom is 0.117 e. The third kappa shape index (κ3) is 2.93. The standard InChI is InChI=1S/C11H12BrNOS/c1-8(10-4-5-11(12)15-10)13-7-9-3-2-6-14-9/h2-6,8,13H,7H2,1H3. The summed E-state index contributed by atoms with van der Waals surface area (Å²) in [5.41, 5.74) is 0. The van der Waals surface area contributed by atoms with Crippen LogP contribution < -0.4 is 5.32 Å². The molecule has 0 spiro atoms. The Morgan fingerprint density at radius 3 is 2.93 bits per heavy atom. The highest BCUT2D eigenvalue weighted by atomic mass is 79.9. The number of furan rings is 1. The maximum atomic E-state index is 5.26. The maximum absolute atomic E-state index is 5.26. The Bertz CT molecular complexity index is 410. The summed E-state index contributed by atoms with van der Waals surface area (Å²) < 4.78 is 6.43. The predicted molar refractivity (Wildman–Crippen MR) is 66.0 cm³/mol. The van der Waals surface area contributed by atoms with E-state index in [1.807, 2.05) is 12.1 Å². The van der Waals surface area contributed by atoms with E-state index in [1.54, 1.807) is 17.6 Å². The van der Waals surface area contributed by atoms with Crippen LogP contribution >= 0.6 is 27.3 Å². The van der Waals surface area contributed by atoms with Crippen LogP contribution in [0.2, 0.25) is 0 Å². The van der Waals surface area contributed by atoms with E-state index < -0.39 is 0 Å². The Morgan fingerprint density at radius 2 is 2.33 bits per heavy atom. The molecule has 0 aliphatic heterocycles. The molecule has 0 bridgehead atoms. The second-order valence-corrected chi connectivity index (χ2v) is 5.82. The average Bonchev–Trinajstić information content (AvgIpc) is 2.84. The van der Waals surface area contributed by atoms with Gasteiger partial charge in [0.15, 0.2) is 0 Å². The van der Waals surface area contributed by atoms with Crippen molar-refractivity contribution >= 4 is 27.3 Å². The molecule has 2 nitrogen and oxygen atoms in total. The molecule has 2 rings (SSSR count). The van der Waals surface area contributed by atoms with Gasteiger partial charge in [0.1, 0.15) is 5.76 Å². The smallest absolute Gasteiger partial charge is 0.117 e. The molecule has 15 heavy (non-hydrogen) atoms. The molecular weight excluding hydrogens is 274 g/mol. The molecule has 0 aliphatic carbocycles. The lowest BCUT2D eigenvalue weighted by molar-refractivity contribution is 0.462. The molecule has 0 aliphatic rings. The van der Waals surface area contributed by atoms with Crippen molar-refractivity contribution in [1.82, 2.24) is 5.32 Å². The number of hydrogen-bond acceptors (Lipinski definition) is 3. The predicted octanol–water partition coefficient (Wildman–Crippen LogP) is 3.95. The van der Waals surface area contributed by atoms with Crippen LogP contribution in [0.4, 0.5) is 0 Å². The molecule has 80 valence electrons. The van der Waals surface area contributed by atoms with Gasteiger partial charge in [-0.3, -0.25) is 0 Å². The van der Waals surface area contributed by atoms with Crippen LogP contribution in [-0.2, 0) is 6.54 Å². The summed E-state index contributed by atoms with van der Waals surface area (Å²) in [5.74, 6) is 0.970. The van der Waals surface area contributed by atoms with Crippen molar-refractivity contribution in [1.29, 1.82) is 0 Å². The molecular formula is C11H12BrNOS. The first kappa shape index (κ1) is 10.9. The number of hydrogen-bond donors (Lipinski definition) is 1.